The fraction of sp³-hybridized carbons (Fsp3) is 0.467. The van der Waals surface area contributed by atoms with Crippen LogP contribution in [-0.2, 0) is 19.1 Å². The molecule has 1 N–H and O–H groups in total. The van der Waals surface area contributed by atoms with Crippen LogP contribution in [0.15, 0.2) is 35.3 Å². The van der Waals surface area contributed by atoms with Gasteiger partial charge in [0.25, 0.3) is 5.17 Å². The van der Waals surface area contributed by atoms with E-state index in [0.29, 0.717) is 12.8 Å². The maximum atomic E-state index is 14.3. The minimum atomic E-state index is -4.35. The summed E-state index contributed by atoms with van der Waals surface area (Å²) in [5, 5.41) is 0.961. The first-order chi connectivity index (χ1) is 11.5. The molecule has 1 saturated heterocycles. The average molecular weight is 353 g/mol. The lowest BCUT2D eigenvalue weighted by Gasteiger charge is -2.23. The molecular formula is C15H16FN3O4S. The fourth-order valence-electron chi connectivity index (χ4n) is 2.98. The van der Waals surface area contributed by atoms with Gasteiger partial charge in [-0.25, -0.2) is 9.38 Å². The number of alkyl halides is 1. The van der Waals surface area contributed by atoms with Crippen LogP contribution in [0.25, 0.3) is 0 Å². The van der Waals surface area contributed by atoms with Crippen LogP contribution in [-0.4, -0.2) is 36.9 Å². The molecular weight excluding hydrogens is 337 g/mol. The quantitative estimate of drug-likeness (QED) is 0.805. The third-order valence-corrected chi connectivity index (χ3v) is 5.44. The van der Waals surface area contributed by atoms with Crippen LogP contribution in [0, 0.1) is 5.92 Å². The zero-order valence-electron chi connectivity index (χ0n) is 12.6. The molecule has 1 aliphatic carbocycles. The Morgan fingerprint density at radius 3 is 2.67 bits per heavy atom. The normalized spacial score (nSPS) is 29.7. The highest BCUT2D eigenvalue weighted by Gasteiger charge is 2.49. The van der Waals surface area contributed by atoms with E-state index in [9.17, 15) is 17.6 Å². The van der Waals surface area contributed by atoms with Crippen molar-refractivity contribution in [2.45, 2.75) is 37.6 Å². The molecule has 3 aliphatic rings. The van der Waals surface area contributed by atoms with Gasteiger partial charge in [-0.15, -0.1) is 0 Å². The second-order valence-electron chi connectivity index (χ2n) is 6.18. The van der Waals surface area contributed by atoms with Gasteiger partial charge in [-0.1, -0.05) is 30.3 Å². The smallest absolute Gasteiger partial charge is 0.340 e. The van der Waals surface area contributed by atoms with Crippen molar-refractivity contribution in [1.29, 1.82) is 0 Å². The number of hydrogen-bond acceptors (Lipinski definition) is 7. The summed E-state index contributed by atoms with van der Waals surface area (Å²) in [5.74, 6) is -1.13. The summed E-state index contributed by atoms with van der Waals surface area (Å²) >= 11 is 0. The summed E-state index contributed by atoms with van der Waals surface area (Å²) in [5.41, 5.74) is 3.48. The molecule has 1 aromatic carbocycles. The second-order valence-corrected chi connectivity index (χ2v) is 7.64. The summed E-state index contributed by atoms with van der Waals surface area (Å²) in [4.78, 5) is 15.5. The molecule has 0 spiro atoms. The number of amidine groups is 1. The summed E-state index contributed by atoms with van der Waals surface area (Å²) < 4.78 is 43.2. The molecule has 4 rings (SSSR count). The fourth-order valence-corrected chi connectivity index (χ4v) is 3.87. The number of nitrogens with zero attached hydrogens (tertiary/aromatic N) is 2. The third-order valence-electron chi connectivity index (χ3n) is 4.39. The average Bonchev–Trinajstić information content (AvgIpc) is 3.23. The van der Waals surface area contributed by atoms with Gasteiger partial charge in [0.1, 0.15) is 6.17 Å². The number of carbonyl (C=O) groups excluding carboxylic acids is 1. The molecule has 24 heavy (non-hydrogen) atoms. The van der Waals surface area contributed by atoms with Gasteiger partial charge in [-0.2, -0.15) is 13.4 Å². The van der Waals surface area contributed by atoms with Gasteiger partial charge in [0.15, 0.2) is 6.17 Å². The number of hydrazine groups is 1. The number of fused-ring (bicyclic) bond motifs is 1. The van der Waals surface area contributed by atoms with E-state index in [1.54, 1.807) is 0 Å². The maximum Gasteiger partial charge on any atom is 0.376 e. The number of rotatable bonds is 2. The summed E-state index contributed by atoms with van der Waals surface area (Å²) in [6, 6.07) is 8.87. The molecule has 2 aliphatic heterocycles. The molecule has 1 saturated carbocycles. The Kier molecular flexibility index (Phi) is 3.57. The van der Waals surface area contributed by atoms with E-state index in [0.717, 1.165) is 5.56 Å². The Balaban J connectivity index is 1.54. The molecule has 0 radical (unpaired) electrons. The molecule has 2 fully saturated rings. The third kappa shape index (κ3) is 2.67. The zero-order chi connectivity index (χ0) is 16.9. The van der Waals surface area contributed by atoms with Crippen LogP contribution in [0.4, 0.5) is 4.39 Å². The number of carbonyl (C=O) groups is 1. The lowest BCUT2D eigenvalue weighted by atomic mass is 10.1. The molecule has 0 aromatic heterocycles. The number of halogens is 1. The minimum absolute atomic E-state index is 0.209. The van der Waals surface area contributed by atoms with Crippen molar-refractivity contribution in [1.82, 2.24) is 10.4 Å². The largest absolute Gasteiger partial charge is 0.376 e. The predicted octanol–water partition coefficient (Wildman–Crippen LogP) is 1.25. The van der Waals surface area contributed by atoms with Gasteiger partial charge in [-0.3, -0.25) is 10.2 Å². The van der Waals surface area contributed by atoms with E-state index >= 15 is 0 Å². The van der Waals surface area contributed by atoms with Crippen LogP contribution < -0.4 is 5.43 Å². The Labute approximate surface area is 138 Å². The van der Waals surface area contributed by atoms with Gasteiger partial charge in [0, 0.05) is 6.42 Å². The zero-order valence-corrected chi connectivity index (χ0v) is 13.4. The van der Waals surface area contributed by atoms with Crippen molar-refractivity contribution in [3.05, 3.63) is 35.9 Å². The molecule has 7 nitrogen and oxygen atoms in total. The Morgan fingerprint density at radius 1 is 1.29 bits per heavy atom. The Morgan fingerprint density at radius 2 is 2.00 bits per heavy atom. The van der Waals surface area contributed by atoms with Gasteiger partial charge in [-0.05, 0) is 18.4 Å². The number of benzene rings is 1. The Hall–Kier alpha value is -2.00. The lowest BCUT2D eigenvalue weighted by molar-refractivity contribution is -0.135. The summed E-state index contributed by atoms with van der Waals surface area (Å²) in [7, 11) is -4.35. The predicted molar refractivity (Wildman–Crippen MR) is 82.6 cm³/mol. The molecule has 1 unspecified atom stereocenters. The number of aliphatic imine (C=N–C) groups is 1. The summed E-state index contributed by atoms with van der Waals surface area (Å²) in [6.45, 7) is 0. The molecule has 9 heteroatoms. The topological polar surface area (TPSA) is 88.1 Å². The van der Waals surface area contributed by atoms with Gasteiger partial charge in [0.05, 0.1) is 12.0 Å². The molecule has 1 aromatic rings. The SMILES string of the molecule is O=C(OS(=O)(=O)C1=NC2[C@@H](F)C[C@@H](c3ccccc3)N2N1)C1CC1. The van der Waals surface area contributed by atoms with E-state index < -0.39 is 33.6 Å². The monoisotopic (exact) mass is 353 g/mol. The molecule has 0 bridgehead atoms. The number of nitrogens with one attached hydrogen (secondary N) is 1. The highest BCUT2D eigenvalue weighted by molar-refractivity contribution is 8.02. The van der Waals surface area contributed by atoms with Crippen LogP contribution in [0.1, 0.15) is 30.9 Å². The molecule has 3 atom stereocenters. The standard InChI is InChI=1S/C15H16FN3O4S/c16-11-8-12(9-4-2-1-3-5-9)19-13(11)17-15(18-19)24(21,22)23-14(20)10-6-7-10/h1-5,10-13H,6-8H2,(H,17,18)/t11-,12-,13?/m0/s1. The van der Waals surface area contributed by atoms with Crippen molar-refractivity contribution in [3.63, 3.8) is 0 Å². The van der Waals surface area contributed by atoms with Crippen molar-refractivity contribution < 1.29 is 21.8 Å². The van der Waals surface area contributed by atoms with Gasteiger partial charge in [0.2, 0.25) is 0 Å². The summed E-state index contributed by atoms with van der Waals surface area (Å²) in [6.07, 6.45) is -0.786. The molecule has 0 amide bonds. The van der Waals surface area contributed by atoms with E-state index in [-0.39, 0.29) is 18.4 Å². The van der Waals surface area contributed by atoms with Gasteiger partial charge < -0.3 is 4.18 Å². The maximum absolute atomic E-state index is 14.3. The van der Waals surface area contributed by atoms with Crippen LogP contribution in [0.5, 0.6) is 0 Å². The highest BCUT2D eigenvalue weighted by Crippen LogP contribution is 2.39. The van der Waals surface area contributed by atoms with E-state index in [1.165, 1.54) is 5.01 Å². The van der Waals surface area contributed by atoms with Crippen LogP contribution in [0.3, 0.4) is 0 Å². The van der Waals surface area contributed by atoms with Crippen molar-refractivity contribution in [2.75, 3.05) is 0 Å². The minimum Gasteiger partial charge on any atom is -0.340 e. The van der Waals surface area contributed by atoms with E-state index in [1.807, 2.05) is 30.3 Å². The first kappa shape index (κ1) is 15.5. The second kappa shape index (κ2) is 5.52. The van der Waals surface area contributed by atoms with Crippen LogP contribution >= 0.6 is 0 Å². The van der Waals surface area contributed by atoms with Crippen molar-refractivity contribution in [2.24, 2.45) is 10.9 Å². The molecule has 128 valence electrons. The first-order valence-corrected chi connectivity index (χ1v) is 9.17. The van der Waals surface area contributed by atoms with Crippen molar-refractivity contribution in [3.8, 4) is 0 Å². The highest BCUT2D eigenvalue weighted by atomic mass is 32.2. The van der Waals surface area contributed by atoms with Gasteiger partial charge >= 0.3 is 16.1 Å². The van der Waals surface area contributed by atoms with E-state index in [2.05, 4.69) is 14.6 Å². The molecule has 2 heterocycles. The Bertz CT molecular complexity index is 794. The van der Waals surface area contributed by atoms with Crippen LogP contribution in [0.2, 0.25) is 0 Å². The first-order valence-electron chi connectivity index (χ1n) is 7.76. The number of hydrogen-bond donors (Lipinski definition) is 1. The van der Waals surface area contributed by atoms with E-state index in [4.69, 9.17) is 0 Å². The van der Waals surface area contributed by atoms with Crippen molar-refractivity contribution >= 4 is 21.3 Å². The lowest BCUT2D eigenvalue weighted by Crippen LogP contribution is -2.42.